The lowest BCUT2D eigenvalue weighted by atomic mass is 9.99. The Hall–Kier alpha value is -3.42. The molecule has 2 aromatic carbocycles. The predicted octanol–water partition coefficient (Wildman–Crippen LogP) is 2.40. The fourth-order valence-corrected chi connectivity index (χ4v) is 3.68. The molecule has 0 unspecified atom stereocenters. The Morgan fingerprint density at radius 3 is 2.61 bits per heavy atom. The molecule has 4 rings (SSSR count). The van der Waals surface area contributed by atoms with Gasteiger partial charge in [-0.3, -0.25) is 19.5 Å². The van der Waals surface area contributed by atoms with Crippen molar-refractivity contribution in [3.63, 3.8) is 0 Å². The van der Waals surface area contributed by atoms with Crippen LogP contribution in [0, 0.1) is 0 Å². The fraction of sp³-hybridized carbons (Fsp3) is 0.348. The van der Waals surface area contributed by atoms with Crippen molar-refractivity contribution in [1.29, 1.82) is 0 Å². The maximum Gasteiger partial charge on any atom is 0.273 e. The van der Waals surface area contributed by atoms with Crippen molar-refractivity contribution in [2.45, 2.75) is 39.0 Å². The van der Waals surface area contributed by atoms with Crippen LogP contribution < -0.4 is 15.9 Å². The van der Waals surface area contributed by atoms with Crippen LogP contribution in [0.2, 0.25) is 0 Å². The first-order valence-electron chi connectivity index (χ1n) is 10.1. The van der Waals surface area contributed by atoms with Gasteiger partial charge in [-0.25, -0.2) is 9.07 Å². The third-order valence-electron chi connectivity index (χ3n) is 5.30. The van der Waals surface area contributed by atoms with Crippen LogP contribution in [0.3, 0.4) is 0 Å². The standard InChI is InChI=1S/C23H24FN3O4/c1-23(2,24)14-31-17-8-7-16-12-26(10-9-15(16)11-17)20(28)13-27-22(30)19-6-4-3-5-18(19)21(29)25-27/h3-8,11H,9-10,12-14H2,1-2H3,(H,25,29). The lowest BCUT2D eigenvalue weighted by Crippen LogP contribution is -2.41. The summed E-state index contributed by atoms with van der Waals surface area (Å²) in [6.07, 6.45) is 0.625. The summed E-state index contributed by atoms with van der Waals surface area (Å²) in [6, 6.07) is 12.1. The van der Waals surface area contributed by atoms with E-state index in [9.17, 15) is 18.8 Å². The molecule has 0 fully saturated rings. The van der Waals surface area contributed by atoms with E-state index < -0.39 is 16.8 Å². The van der Waals surface area contributed by atoms with Crippen LogP contribution >= 0.6 is 0 Å². The molecule has 1 aliphatic heterocycles. The molecule has 7 nitrogen and oxygen atoms in total. The number of fused-ring (bicyclic) bond motifs is 2. The van der Waals surface area contributed by atoms with E-state index >= 15 is 0 Å². The van der Waals surface area contributed by atoms with Gasteiger partial charge in [0.1, 0.15) is 24.6 Å². The minimum Gasteiger partial charge on any atom is -0.490 e. The number of hydrogen-bond acceptors (Lipinski definition) is 4. The largest absolute Gasteiger partial charge is 0.490 e. The van der Waals surface area contributed by atoms with Crippen molar-refractivity contribution < 1.29 is 13.9 Å². The van der Waals surface area contributed by atoms with E-state index in [1.165, 1.54) is 13.8 Å². The number of aromatic amines is 1. The van der Waals surface area contributed by atoms with E-state index in [1.54, 1.807) is 35.2 Å². The Balaban J connectivity index is 1.48. The van der Waals surface area contributed by atoms with E-state index in [4.69, 9.17) is 4.74 Å². The molecule has 1 aliphatic rings. The first kappa shape index (κ1) is 20.8. The number of benzene rings is 2. The number of aromatic nitrogens is 2. The summed E-state index contributed by atoms with van der Waals surface area (Å²) in [6.45, 7) is 3.54. The highest BCUT2D eigenvalue weighted by molar-refractivity contribution is 5.81. The van der Waals surface area contributed by atoms with E-state index in [1.807, 2.05) is 12.1 Å². The van der Waals surface area contributed by atoms with Crippen molar-refractivity contribution in [3.8, 4) is 5.75 Å². The molecule has 0 bridgehead atoms. The first-order chi connectivity index (χ1) is 14.7. The summed E-state index contributed by atoms with van der Waals surface area (Å²) >= 11 is 0. The number of hydrogen-bond donors (Lipinski definition) is 1. The number of ether oxygens (including phenoxy) is 1. The van der Waals surface area contributed by atoms with Crippen LogP contribution in [0.25, 0.3) is 10.8 Å². The molecule has 0 spiro atoms. The number of nitrogens with zero attached hydrogens (tertiary/aromatic N) is 2. The van der Waals surface area contributed by atoms with Crippen LogP contribution in [0.4, 0.5) is 4.39 Å². The molecular weight excluding hydrogens is 401 g/mol. The molecule has 1 N–H and O–H groups in total. The molecule has 0 aliphatic carbocycles. The van der Waals surface area contributed by atoms with Gasteiger partial charge < -0.3 is 9.64 Å². The molecule has 1 aromatic heterocycles. The highest BCUT2D eigenvalue weighted by atomic mass is 19.1. The summed E-state index contributed by atoms with van der Waals surface area (Å²) in [5, 5.41) is 3.08. The highest BCUT2D eigenvalue weighted by Gasteiger charge is 2.23. The first-order valence-corrected chi connectivity index (χ1v) is 10.1. The SMILES string of the molecule is CC(C)(F)COc1ccc2c(c1)CCN(C(=O)Cn1[nH]c(=O)c3ccccc3c1=O)C2. The second kappa shape index (κ2) is 8.02. The molecule has 0 radical (unpaired) electrons. The zero-order valence-corrected chi connectivity index (χ0v) is 17.5. The molecule has 0 saturated heterocycles. The average molecular weight is 425 g/mol. The van der Waals surface area contributed by atoms with Gasteiger partial charge in [0.05, 0.1) is 10.8 Å². The minimum atomic E-state index is -1.42. The topological polar surface area (TPSA) is 84.4 Å². The van der Waals surface area contributed by atoms with Gasteiger partial charge in [-0.05, 0) is 55.7 Å². The predicted molar refractivity (Wildman–Crippen MR) is 115 cm³/mol. The summed E-state index contributed by atoms with van der Waals surface area (Å²) < 4.78 is 20.2. The van der Waals surface area contributed by atoms with Gasteiger partial charge in [-0.2, -0.15) is 0 Å². The summed E-state index contributed by atoms with van der Waals surface area (Å²) in [5.41, 5.74) is -0.198. The Morgan fingerprint density at radius 2 is 1.87 bits per heavy atom. The molecule has 8 heteroatoms. The minimum absolute atomic E-state index is 0.0326. The second-order valence-corrected chi connectivity index (χ2v) is 8.38. The zero-order valence-electron chi connectivity index (χ0n) is 17.5. The number of carbonyl (C=O) groups is 1. The molecule has 0 saturated carbocycles. The Morgan fingerprint density at radius 1 is 1.13 bits per heavy atom. The van der Waals surface area contributed by atoms with Crippen molar-refractivity contribution in [2.75, 3.05) is 13.2 Å². The van der Waals surface area contributed by atoms with Gasteiger partial charge in [-0.15, -0.1) is 0 Å². The van der Waals surface area contributed by atoms with Crippen LogP contribution in [-0.2, 0) is 24.3 Å². The Kier molecular flexibility index (Phi) is 5.39. The Bertz CT molecular complexity index is 1260. The third-order valence-corrected chi connectivity index (χ3v) is 5.30. The van der Waals surface area contributed by atoms with Crippen molar-refractivity contribution in [2.24, 2.45) is 0 Å². The van der Waals surface area contributed by atoms with Gasteiger partial charge in [0, 0.05) is 13.1 Å². The maximum atomic E-state index is 13.7. The number of amides is 1. The van der Waals surface area contributed by atoms with Gasteiger partial charge in [0.25, 0.3) is 11.1 Å². The van der Waals surface area contributed by atoms with E-state index in [-0.39, 0.29) is 24.4 Å². The van der Waals surface area contributed by atoms with Gasteiger partial charge in [0.15, 0.2) is 0 Å². The number of alkyl halides is 1. The fourth-order valence-electron chi connectivity index (χ4n) is 3.68. The quantitative estimate of drug-likeness (QED) is 0.680. The van der Waals surface area contributed by atoms with E-state index in [2.05, 4.69) is 5.10 Å². The van der Waals surface area contributed by atoms with Gasteiger partial charge >= 0.3 is 0 Å². The van der Waals surface area contributed by atoms with Crippen LogP contribution in [0.15, 0.2) is 52.1 Å². The monoisotopic (exact) mass is 425 g/mol. The third kappa shape index (κ3) is 4.52. The average Bonchev–Trinajstić information content (AvgIpc) is 2.75. The molecule has 162 valence electrons. The molecular formula is C23H24FN3O4. The number of halogens is 1. The summed E-state index contributed by atoms with van der Waals surface area (Å²) in [7, 11) is 0. The summed E-state index contributed by atoms with van der Waals surface area (Å²) in [5.74, 6) is 0.350. The number of rotatable bonds is 5. The lowest BCUT2D eigenvalue weighted by Gasteiger charge is -2.29. The highest BCUT2D eigenvalue weighted by Crippen LogP contribution is 2.25. The molecule has 1 amide bonds. The van der Waals surface area contributed by atoms with Crippen LogP contribution in [0.1, 0.15) is 25.0 Å². The molecule has 3 aromatic rings. The van der Waals surface area contributed by atoms with E-state index in [0.717, 1.165) is 15.8 Å². The van der Waals surface area contributed by atoms with Gasteiger partial charge in [-0.1, -0.05) is 18.2 Å². The molecule has 0 atom stereocenters. The smallest absolute Gasteiger partial charge is 0.273 e. The van der Waals surface area contributed by atoms with Crippen molar-refractivity contribution >= 4 is 16.7 Å². The van der Waals surface area contributed by atoms with Crippen LogP contribution in [-0.4, -0.2) is 39.4 Å². The van der Waals surface area contributed by atoms with E-state index in [0.29, 0.717) is 30.6 Å². The zero-order chi connectivity index (χ0) is 22.2. The van der Waals surface area contributed by atoms with Crippen LogP contribution in [0.5, 0.6) is 5.75 Å². The number of nitrogens with one attached hydrogen (secondary N) is 1. The van der Waals surface area contributed by atoms with Crippen molar-refractivity contribution in [1.82, 2.24) is 14.7 Å². The second-order valence-electron chi connectivity index (χ2n) is 8.38. The molecule has 2 heterocycles. The summed E-state index contributed by atoms with van der Waals surface area (Å²) in [4.78, 5) is 39.4. The Labute approximate surface area is 178 Å². The maximum absolute atomic E-state index is 13.7. The number of carbonyl (C=O) groups excluding carboxylic acids is 1. The number of H-pyrrole nitrogens is 1. The lowest BCUT2D eigenvalue weighted by molar-refractivity contribution is -0.133. The molecule has 31 heavy (non-hydrogen) atoms. The van der Waals surface area contributed by atoms with Gasteiger partial charge in [0.2, 0.25) is 5.91 Å². The van der Waals surface area contributed by atoms with Crippen molar-refractivity contribution in [3.05, 3.63) is 74.3 Å². The normalized spacial score (nSPS) is 13.8.